The number of nitrogens with zero attached hydrogens (tertiary/aromatic N) is 2. The summed E-state index contributed by atoms with van der Waals surface area (Å²) in [6.07, 6.45) is 3.54. The SMILES string of the molecule is [Ru+2].[Ru+3].c1ccc(-c2ccccn2)nc1. The topological polar surface area (TPSA) is 25.8 Å². The average Bonchev–Trinajstić information content (AvgIpc) is 2.21. The first-order valence-electron chi connectivity index (χ1n) is 3.79. The maximum Gasteiger partial charge on any atom is 3.00 e. The Kier molecular flexibility index (Phi) is 6.70. The molecule has 0 fully saturated rings. The minimum atomic E-state index is 0. The van der Waals surface area contributed by atoms with E-state index in [2.05, 4.69) is 9.97 Å². The van der Waals surface area contributed by atoms with Crippen LogP contribution in [0.25, 0.3) is 11.4 Å². The van der Waals surface area contributed by atoms with E-state index in [-0.39, 0.29) is 39.0 Å². The summed E-state index contributed by atoms with van der Waals surface area (Å²) in [6.45, 7) is 0. The van der Waals surface area contributed by atoms with Crippen LogP contribution in [0.4, 0.5) is 0 Å². The van der Waals surface area contributed by atoms with Crippen molar-refractivity contribution in [2.24, 2.45) is 0 Å². The number of aromatic nitrogens is 2. The Balaban J connectivity index is 0.000000845. The van der Waals surface area contributed by atoms with E-state index in [1.165, 1.54) is 0 Å². The van der Waals surface area contributed by atoms with Gasteiger partial charge in [-0.2, -0.15) is 0 Å². The third-order valence-corrected chi connectivity index (χ3v) is 1.59. The van der Waals surface area contributed by atoms with Gasteiger partial charge in [0.15, 0.2) is 0 Å². The normalized spacial score (nSPS) is 8.29. The van der Waals surface area contributed by atoms with E-state index in [9.17, 15) is 0 Å². The Morgan fingerprint density at radius 3 is 1.43 bits per heavy atom. The molecule has 1 radical (unpaired) electrons. The summed E-state index contributed by atoms with van der Waals surface area (Å²) in [4.78, 5) is 8.37. The van der Waals surface area contributed by atoms with Gasteiger partial charge in [0.1, 0.15) is 0 Å². The van der Waals surface area contributed by atoms with E-state index in [0.29, 0.717) is 0 Å². The van der Waals surface area contributed by atoms with E-state index in [1.807, 2.05) is 36.4 Å². The Hall–Kier alpha value is -0.453. The summed E-state index contributed by atoms with van der Waals surface area (Å²) in [5, 5.41) is 0. The molecule has 0 unspecified atom stereocenters. The van der Waals surface area contributed by atoms with Gasteiger partial charge in [0, 0.05) is 12.4 Å². The third kappa shape index (κ3) is 3.36. The smallest absolute Gasteiger partial charge is 0.255 e. The average molecular weight is 358 g/mol. The molecule has 2 aromatic heterocycles. The van der Waals surface area contributed by atoms with Gasteiger partial charge in [0.25, 0.3) is 0 Å². The molecule has 0 aliphatic carbocycles. The Labute approximate surface area is 109 Å². The van der Waals surface area contributed by atoms with Crippen molar-refractivity contribution in [3.05, 3.63) is 48.8 Å². The van der Waals surface area contributed by atoms with Crippen LogP contribution in [0.1, 0.15) is 0 Å². The molecule has 69 valence electrons. The van der Waals surface area contributed by atoms with Crippen LogP contribution in [0.5, 0.6) is 0 Å². The number of hydrogen-bond acceptors (Lipinski definition) is 2. The first-order valence-corrected chi connectivity index (χ1v) is 3.79. The van der Waals surface area contributed by atoms with Crippen LogP contribution >= 0.6 is 0 Å². The molecule has 2 rings (SSSR count). The predicted octanol–water partition coefficient (Wildman–Crippen LogP) is 2.14. The maximum atomic E-state index is 4.19. The molecule has 0 saturated heterocycles. The number of rotatable bonds is 1. The summed E-state index contributed by atoms with van der Waals surface area (Å²) < 4.78 is 0. The monoisotopic (exact) mass is 360 g/mol. The molecule has 0 aliphatic rings. The van der Waals surface area contributed by atoms with Gasteiger partial charge in [-0.25, -0.2) is 0 Å². The molecule has 0 aromatic carbocycles. The largest absolute Gasteiger partial charge is 3.00 e. The van der Waals surface area contributed by atoms with Gasteiger partial charge < -0.3 is 0 Å². The van der Waals surface area contributed by atoms with E-state index in [0.717, 1.165) is 11.4 Å². The fourth-order valence-corrected chi connectivity index (χ4v) is 1.03. The molecule has 0 amide bonds. The van der Waals surface area contributed by atoms with Crippen LogP contribution in [-0.2, 0) is 39.0 Å². The summed E-state index contributed by atoms with van der Waals surface area (Å²) in [5.41, 5.74) is 1.83. The second kappa shape index (κ2) is 6.92. The molecule has 2 aromatic rings. The van der Waals surface area contributed by atoms with Gasteiger partial charge in [0.2, 0.25) is 0 Å². The zero-order valence-electron chi connectivity index (χ0n) is 7.22. The standard InChI is InChI=1S/C10H8N2.2Ru/c1-3-7-11-9(5-1)10-6-2-4-8-12-10;;/h1-8H;;/q;+2;+3. The molecule has 2 heterocycles. The van der Waals surface area contributed by atoms with Crippen molar-refractivity contribution in [3.63, 3.8) is 0 Å². The van der Waals surface area contributed by atoms with Gasteiger partial charge in [-0.15, -0.1) is 0 Å². The van der Waals surface area contributed by atoms with Gasteiger partial charge >= 0.3 is 39.0 Å². The minimum Gasteiger partial charge on any atom is -0.255 e. The van der Waals surface area contributed by atoms with E-state index < -0.39 is 0 Å². The van der Waals surface area contributed by atoms with Crippen LogP contribution in [0, 0.1) is 0 Å². The maximum absolute atomic E-state index is 4.19. The van der Waals surface area contributed by atoms with Crippen molar-refractivity contribution < 1.29 is 39.0 Å². The van der Waals surface area contributed by atoms with Crippen molar-refractivity contribution in [1.29, 1.82) is 0 Å². The Bertz CT molecular complexity index is 314. The molecule has 14 heavy (non-hydrogen) atoms. The van der Waals surface area contributed by atoms with Crippen LogP contribution in [0.3, 0.4) is 0 Å². The second-order valence-corrected chi connectivity index (χ2v) is 2.43. The van der Waals surface area contributed by atoms with Crippen molar-refractivity contribution in [2.45, 2.75) is 0 Å². The van der Waals surface area contributed by atoms with Crippen LogP contribution < -0.4 is 0 Å². The molecule has 0 aliphatic heterocycles. The zero-order valence-corrected chi connectivity index (χ0v) is 10.7. The van der Waals surface area contributed by atoms with Crippen LogP contribution in [0.2, 0.25) is 0 Å². The summed E-state index contributed by atoms with van der Waals surface area (Å²) >= 11 is 0. The van der Waals surface area contributed by atoms with Gasteiger partial charge in [-0.1, -0.05) is 12.1 Å². The molecule has 4 heteroatoms. The van der Waals surface area contributed by atoms with Gasteiger partial charge in [-0.3, -0.25) is 9.97 Å². The van der Waals surface area contributed by atoms with Crippen molar-refractivity contribution in [1.82, 2.24) is 9.97 Å². The van der Waals surface area contributed by atoms with Crippen molar-refractivity contribution in [2.75, 3.05) is 0 Å². The fraction of sp³-hybridized carbons (Fsp3) is 0. The van der Waals surface area contributed by atoms with Crippen molar-refractivity contribution in [3.8, 4) is 11.4 Å². The first kappa shape index (κ1) is 13.5. The summed E-state index contributed by atoms with van der Waals surface area (Å²) in [6, 6.07) is 11.6. The number of pyridine rings is 2. The summed E-state index contributed by atoms with van der Waals surface area (Å²) in [7, 11) is 0. The minimum absolute atomic E-state index is 0. The van der Waals surface area contributed by atoms with Crippen molar-refractivity contribution >= 4 is 0 Å². The molecular weight excluding hydrogens is 350 g/mol. The molecule has 0 saturated carbocycles. The molecule has 0 N–H and O–H groups in total. The zero-order chi connectivity index (χ0) is 8.23. The predicted molar refractivity (Wildman–Crippen MR) is 47.5 cm³/mol. The molecule has 0 atom stereocenters. The van der Waals surface area contributed by atoms with Crippen LogP contribution in [-0.4, -0.2) is 9.97 Å². The van der Waals surface area contributed by atoms with E-state index in [1.54, 1.807) is 12.4 Å². The molecule has 0 spiro atoms. The Morgan fingerprint density at radius 2 is 1.14 bits per heavy atom. The molecule has 0 bridgehead atoms. The van der Waals surface area contributed by atoms with E-state index >= 15 is 0 Å². The molecular formula is C10H8N2Ru2+5. The number of hydrogen-bond donors (Lipinski definition) is 0. The Morgan fingerprint density at radius 1 is 0.714 bits per heavy atom. The van der Waals surface area contributed by atoms with Gasteiger partial charge in [-0.05, 0) is 24.3 Å². The van der Waals surface area contributed by atoms with Gasteiger partial charge in [0.05, 0.1) is 11.4 Å². The summed E-state index contributed by atoms with van der Waals surface area (Å²) in [5.74, 6) is 0. The second-order valence-electron chi connectivity index (χ2n) is 2.43. The van der Waals surface area contributed by atoms with Crippen LogP contribution in [0.15, 0.2) is 48.8 Å². The van der Waals surface area contributed by atoms with E-state index in [4.69, 9.17) is 0 Å². The third-order valence-electron chi connectivity index (χ3n) is 1.59. The fourth-order valence-electron chi connectivity index (χ4n) is 1.03. The first-order chi connectivity index (χ1) is 5.97. The quantitative estimate of drug-likeness (QED) is 0.730. The molecule has 2 nitrogen and oxygen atoms in total.